The van der Waals surface area contributed by atoms with Crippen LogP contribution in [-0.4, -0.2) is 40.1 Å². The summed E-state index contributed by atoms with van der Waals surface area (Å²) >= 11 is 1.27. The molecular weight excluding hydrogens is 302 g/mol. The van der Waals surface area contributed by atoms with Crippen LogP contribution in [0.15, 0.2) is 24.3 Å². The zero-order valence-electron chi connectivity index (χ0n) is 12.2. The fourth-order valence-corrected chi connectivity index (χ4v) is 3.41. The summed E-state index contributed by atoms with van der Waals surface area (Å²) in [4.78, 5) is 17.6. The van der Waals surface area contributed by atoms with Crippen LogP contribution >= 0.6 is 11.5 Å². The van der Waals surface area contributed by atoms with E-state index in [2.05, 4.69) is 9.36 Å². The van der Waals surface area contributed by atoms with E-state index in [1.54, 1.807) is 7.11 Å². The molecule has 6 nitrogen and oxygen atoms in total. The Bertz CT molecular complexity index is 674. The molecule has 0 bridgehead atoms. The molecule has 1 unspecified atom stereocenters. The molecule has 2 heterocycles. The minimum absolute atomic E-state index is 0.474. The van der Waals surface area contributed by atoms with Crippen molar-refractivity contribution >= 4 is 22.6 Å². The lowest BCUT2D eigenvalue weighted by atomic mass is 10.1. The summed E-state index contributed by atoms with van der Waals surface area (Å²) in [5, 5.41) is 9.94. The van der Waals surface area contributed by atoms with E-state index in [0.717, 1.165) is 24.3 Å². The number of hydrogen-bond donors (Lipinski definition) is 1. The molecule has 1 aliphatic rings. The zero-order chi connectivity index (χ0) is 15.5. The van der Waals surface area contributed by atoms with Gasteiger partial charge in [-0.25, -0.2) is 9.78 Å². The molecular formula is C15H17N3O3S. The Morgan fingerprint density at radius 3 is 3.18 bits per heavy atom. The number of hydrogen-bond acceptors (Lipinski definition) is 6. The quantitative estimate of drug-likeness (QED) is 0.910. The largest absolute Gasteiger partial charge is 0.497 e. The van der Waals surface area contributed by atoms with Crippen LogP contribution < -0.4 is 9.64 Å². The van der Waals surface area contributed by atoms with Gasteiger partial charge in [0.25, 0.3) is 0 Å². The lowest BCUT2D eigenvalue weighted by molar-refractivity contribution is -0.138. The summed E-state index contributed by atoms with van der Waals surface area (Å²) in [5.41, 5.74) is 1.07. The third-order valence-electron chi connectivity index (χ3n) is 3.74. The van der Waals surface area contributed by atoms with Gasteiger partial charge >= 0.3 is 5.97 Å². The molecule has 1 aliphatic heterocycles. The Morgan fingerprint density at radius 1 is 1.55 bits per heavy atom. The first-order valence-corrected chi connectivity index (χ1v) is 7.89. The third kappa shape index (κ3) is 3.04. The summed E-state index contributed by atoms with van der Waals surface area (Å²) in [6.07, 6.45) is 2.15. The number of rotatable bonds is 5. The van der Waals surface area contributed by atoms with Crippen molar-refractivity contribution in [1.82, 2.24) is 9.36 Å². The highest BCUT2D eigenvalue weighted by Gasteiger charge is 2.32. The Morgan fingerprint density at radius 2 is 2.41 bits per heavy atom. The van der Waals surface area contributed by atoms with Crippen molar-refractivity contribution in [2.24, 2.45) is 0 Å². The first-order chi connectivity index (χ1) is 10.7. The average Bonchev–Trinajstić information content (AvgIpc) is 3.15. The average molecular weight is 319 g/mol. The van der Waals surface area contributed by atoms with Crippen LogP contribution in [0.5, 0.6) is 5.75 Å². The van der Waals surface area contributed by atoms with Gasteiger partial charge in [-0.05, 0) is 30.5 Å². The Kier molecular flexibility index (Phi) is 4.24. The maximum absolute atomic E-state index is 11.3. The van der Waals surface area contributed by atoms with Gasteiger partial charge in [0.1, 0.15) is 17.6 Å². The minimum atomic E-state index is -0.790. The Hall–Kier alpha value is -2.15. The number of ether oxygens (including phenoxy) is 1. The summed E-state index contributed by atoms with van der Waals surface area (Å²) in [7, 11) is 1.64. The number of aromatic nitrogens is 2. The highest BCUT2D eigenvalue weighted by atomic mass is 32.1. The molecule has 7 heteroatoms. The number of carboxylic acids is 1. The molecule has 0 spiro atoms. The maximum atomic E-state index is 11.3. The molecule has 1 aromatic carbocycles. The van der Waals surface area contributed by atoms with Gasteiger partial charge in [0.2, 0.25) is 5.13 Å². The minimum Gasteiger partial charge on any atom is -0.497 e. The highest BCUT2D eigenvalue weighted by Crippen LogP contribution is 2.27. The number of nitrogens with zero attached hydrogens (tertiary/aromatic N) is 3. The van der Waals surface area contributed by atoms with E-state index in [-0.39, 0.29) is 0 Å². The van der Waals surface area contributed by atoms with Crippen LogP contribution in [0, 0.1) is 0 Å². The van der Waals surface area contributed by atoms with E-state index in [4.69, 9.17) is 4.74 Å². The fraction of sp³-hybridized carbons (Fsp3) is 0.400. The molecule has 1 N–H and O–H groups in total. The lowest BCUT2D eigenvalue weighted by Crippen LogP contribution is -2.35. The molecule has 116 valence electrons. The van der Waals surface area contributed by atoms with Gasteiger partial charge in [0.05, 0.1) is 7.11 Å². The van der Waals surface area contributed by atoms with Gasteiger partial charge in [-0.3, -0.25) is 0 Å². The molecule has 1 fully saturated rings. The van der Waals surface area contributed by atoms with Crippen LogP contribution in [0.4, 0.5) is 5.13 Å². The first-order valence-electron chi connectivity index (χ1n) is 7.12. The van der Waals surface area contributed by atoms with E-state index in [9.17, 15) is 9.90 Å². The maximum Gasteiger partial charge on any atom is 0.326 e. The van der Waals surface area contributed by atoms with Crippen LogP contribution in [-0.2, 0) is 11.2 Å². The van der Waals surface area contributed by atoms with Crippen molar-refractivity contribution in [2.75, 3.05) is 18.6 Å². The summed E-state index contributed by atoms with van der Waals surface area (Å²) in [5.74, 6) is 0.727. The van der Waals surface area contributed by atoms with Gasteiger partial charge in [-0.15, -0.1) is 0 Å². The molecule has 0 saturated carbocycles. The van der Waals surface area contributed by atoms with Gasteiger partial charge in [0.15, 0.2) is 0 Å². The van der Waals surface area contributed by atoms with E-state index in [1.807, 2.05) is 29.2 Å². The van der Waals surface area contributed by atoms with Crippen molar-refractivity contribution in [3.63, 3.8) is 0 Å². The predicted octanol–water partition coefficient (Wildman–Crippen LogP) is 2.19. The standard InChI is InChI=1S/C15H17N3O3S/c1-21-11-5-2-4-10(8-11)9-13-16-15(22-17-13)18-7-3-6-12(18)14(19)20/h2,4-5,8,12H,3,6-7,9H2,1H3,(H,19,20). The third-order valence-corrected chi connectivity index (χ3v) is 4.53. The molecule has 0 aliphatic carbocycles. The molecule has 0 radical (unpaired) electrons. The van der Waals surface area contributed by atoms with Crippen molar-refractivity contribution in [1.29, 1.82) is 0 Å². The molecule has 1 saturated heterocycles. The zero-order valence-corrected chi connectivity index (χ0v) is 13.0. The SMILES string of the molecule is COc1cccc(Cc2nsc(N3CCCC3C(=O)O)n2)c1. The lowest BCUT2D eigenvalue weighted by Gasteiger charge is -2.19. The molecule has 0 amide bonds. The van der Waals surface area contributed by atoms with Gasteiger partial charge < -0.3 is 14.7 Å². The number of methoxy groups -OCH3 is 1. The van der Waals surface area contributed by atoms with Crippen LogP contribution in [0.2, 0.25) is 0 Å². The topological polar surface area (TPSA) is 75.5 Å². The van der Waals surface area contributed by atoms with Gasteiger partial charge in [-0.2, -0.15) is 4.37 Å². The van der Waals surface area contributed by atoms with E-state index >= 15 is 0 Å². The highest BCUT2D eigenvalue weighted by molar-refractivity contribution is 7.09. The van der Waals surface area contributed by atoms with Crippen molar-refractivity contribution in [2.45, 2.75) is 25.3 Å². The molecule has 1 atom stereocenters. The van der Waals surface area contributed by atoms with E-state index in [1.165, 1.54) is 11.5 Å². The number of anilines is 1. The fourth-order valence-electron chi connectivity index (χ4n) is 2.65. The number of carbonyl (C=O) groups is 1. The second kappa shape index (κ2) is 6.31. The number of aliphatic carboxylic acids is 1. The number of carboxylic acid groups (broad SMARTS) is 1. The first kappa shape index (κ1) is 14.8. The number of benzene rings is 1. The van der Waals surface area contributed by atoms with Crippen LogP contribution in [0.3, 0.4) is 0 Å². The Balaban J connectivity index is 1.74. The second-order valence-electron chi connectivity index (χ2n) is 5.21. The second-order valence-corrected chi connectivity index (χ2v) is 5.94. The molecule has 3 rings (SSSR count). The van der Waals surface area contributed by atoms with Crippen molar-refractivity contribution in [3.8, 4) is 5.75 Å². The summed E-state index contributed by atoms with van der Waals surface area (Å²) < 4.78 is 9.57. The molecule has 22 heavy (non-hydrogen) atoms. The Labute approximate surface area is 132 Å². The normalized spacial score (nSPS) is 17.7. The van der Waals surface area contributed by atoms with Crippen molar-refractivity contribution in [3.05, 3.63) is 35.7 Å². The van der Waals surface area contributed by atoms with E-state index in [0.29, 0.717) is 23.8 Å². The monoisotopic (exact) mass is 319 g/mol. The predicted molar refractivity (Wildman–Crippen MR) is 83.7 cm³/mol. The van der Waals surface area contributed by atoms with Crippen LogP contribution in [0.25, 0.3) is 0 Å². The summed E-state index contributed by atoms with van der Waals surface area (Å²) in [6, 6.07) is 7.31. The van der Waals surface area contributed by atoms with Crippen molar-refractivity contribution < 1.29 is 14.6 Å². The van der Waals surface area contributed by atoms with E-state index < -0.39 is 12.0 Å². The van der Waals surface area contributed by atoms with Gasteiger partial charge in [0, 0.05) is 24.5 Å². The summed E-state index contributed by atoms with van der Waals surface area (Å²) in [6.45, 7) is 0.727. The smallest absolute Gasteiger partial charge is 0.326 e. The molecule has 1 aromatic heterocycles. The molecule has 2 aromatic rings. The van der Waals surface area contributed by atoms with Crippen LogP contribution in [0.1, 0.15) is 24.2 Å². The van der Waals surface area contributed by atoms with Gasteiger partial charge in [-0.1, -0.05) is 12.1 Å².